The molecule has 9 heteroatoms. The summed E-state index contributed by atoms with van der Waals surface area (Å²) in [5.74, 6) is 0. The Labute approximate surface area is 110 Å². The first-order valence-electron chi connectivity index (χ1n) is 5.60. The van der Waals surface area contributed by atoms with E-state index in [-0.39, 0.29) is 0 Å². The number of hydrogen-bond donors (Lipinski definition) is 1. The Morgan fingerprint density at radius 2 is 1.50 bits per heavy atom. The van der Waals surface area contributed by atoms with Crippen molar-refractivity contribution in [1.29, 1.82) is 0 Å². The van der Waals surface area contributed by atoms with Crippen LogP contribution in [0, 0.1) is 0 Å². The maximum atomic E-state index is 10.8. The maximum Gasteiger partial charge on any atom is 0.208 e. The maximum absolute atomic E-state index is 10.8. The van der Waals surface area contributed by atoms with Gasteiger partial charge in [-0.1, -0.05) is 0 Å². The third-order valence-corrected chi connectivity index (χ3v) is 3.39. The van der Waals surface area contributed by atoms with Gasteiger partial charge in [0, 0.05) is 19.1 Å². The van der Waals surface area contributed by atoms with Crippen molar-refractivity contribution in [2.24, 2.45) is 0 Å². The molecule has 0 saturated carbocycles. The van der Waals surface area contributed by atoms with Crippen molar-refractivity contribution >= 4 is 20.1 Å². The van der Waals surface area contributed by atoms with Gasteiger partial charge in [0.1, 0.15) is 0 Å². The van der Waals surface area contributed by atoms with Gasteiger partial charge in [0.25, 0.3) is 0 Å². The minimum absolute atomic E-state index is 0.565. The summed E-state index contributed by atoms with van der Waals surface area (Å²) in [5, 5.41) is 0. The number of rotatable bonds is 4. The molecule has 1 saturated heterocycles. The van der Waals surface area contributed by atoms with E-state index in [4.69, 9.17) is 13.0 Å². The van der Waals surface area contributed by atoms with Gasteiger partial charge in [-0.25, -0.2) is 21.6 Å². The van der Waals surface area contributed by atoms with Crippen molar-refractivity contribution < 1.29 is 25.9 Å². The zero-order valence-corrected chi connectivity index (χ0v) is 12.7. The van der Waals surface area contributed by atoms with Crippen LogP contribution in [0.4, 0.5) is 0 Å². The van der Waals surface area contributed by atoms with Crippen LogP contribution in [0.15, 0.2) is 0 Å². The van der Waals surface area contributed by atoms with E-state index in [2.05, 4.69) is 11.8 Å². The lowest BCUT2D eigenvalue weighted by Gasteiger charge is -2.28. The average molecular weight is 302 g/mol. The summed E-state index contributed by atoms with van der Waals surface area (Å²) >= 11 is 0. The highest BCUT2D eigenvalue weighted by Crippen LogP contribution is 2.14. The summed E-state index contributed by atoms with van der Waals surface area (Å²) in [4.78, 5) is 0. The molecule has 0 aliphatic carbocycles. The summed E-state index contributed by atoms with van der Waals surface area (Å²) in [6, 6.07) is 0. The number of nitrogens with one attached hydrogen (secondary N) is 1. The Balaban J connectivity index is 0.000000494. The Morgan fingerprint density at radius 1 is 1.11 bits per heavy atom. The van der Waals surface area contributed by atoms with Crippen LogP contribution in [0.25, 0.3) is 0 Å². The van der Waals surface area contributed by atoms with Gasteiger partial charge in [0.2, 0.25) is 10.0 Å². The first-order chi connectivity index (χ1) is 7.91. The van der Waals surface area contributed by atoms with Gasteiger partial charge in [-0.3, -0.25) is 0 Å². The van der Waals surface area contributed by atoms with Gasteiger partial charge < -0.3 is 9.04 Å². The van der Waals surface area contributed by atoms with Crippen molar-refractivity contribution in [2.75, 3.05) is 45.7 Å². The molecule has 0 amide bonds. The van der Waals surface area contributed by atoms with E-state index in [0.717, 1.165) is 11.0 Å². The monoisotopic (exact) mass is 302 g/mol. The van der Waals surface area contributed by atoms with Gasteiger partial charge in [-0.2, -0.15) is 0 Å². The van der Waals surface area contributed by atoms with E-state index in [1.807, 2.05) is 0 Å². The van der Waals surface area contributed by atoms with Crippen molar-refractivity contribution in [3.63, 3.8) is 0 Å². The number of quaternary nitrogens is 1. The van der Waals surface area contributed by atoms with Crippen LogP contribution in [0.2, 0.25) is 0 Å². The fourth-order valence-electron chi connectivity index (χ4n) is 1.82. The van der Waals surface area contributed by atoms with Gasteiger partial charge in [-0.15, -0.1) is 0 Å². The summed E-state index contributed by atoms with van der Waals surface area (Å²) in [5.41, 5.74) is 0. The highest BCUT2D eigenvalue weighted by molar-refractivity contribution is 7.88. The molecular formula is C9H22N2O5S2. The molecule has 18 heavy (non-hydrogen) atoms. The number of sulfonamides is 1. The lowest BCUT2D eigenvalue weighted by Crippen LogP contribution is -2.46. The molecule has 7 nitrogen and oxygen atoms in total. The van der Waals surface area contributed by atoms with Crippen molar-refractivity contribution in [3.05, 3.63) is 0 Å². The van der Waals surface area contributed by atoms with Gasteiger partial charge in [-0.05, 0) is 0 Å². The molecule has 1 heterocycles. The van der Waals surface area contributed by atoms with Crippen LogP contribution < -0.4 is 4.72 Å². The quantitative estimate of drug-likeness (QED) is 0.526. The molecule has 0 spiro atoms. The van der Waals surface area contributed by atoms with E-state index in [0.29, 0.717) is 12.8 Å². The molecule has 0 bridgehead atoms. The normalized spacial score (nSPS) is 19.1. The molecule has 110 valence electrons. The van der Waals surface area contributed by atoms with Crippen LogP contribution in [0.1, 0.15) is 12.8 Å². The largest absolute Gasteiger partial charge is 0.748 e. The fourth-order valence-corrected chi connectivity index (χ4v) is 2.29. The minimum Gasteiger partial charge on any atom is -0.748 e. The van der Waals surface area contributed by atoms with E-state index in [1.54, 1.807) is 0 Å². The smallest absolute Gasteiger partial charge is 0.208 e. The van der Waals surface area contributed by atoms with Crippen molar-refractivity contribution in [3.8, 4) is 0 Å². The van der Waals surface area contributed by atoms with Crippen LogP contribution in [-0.2, 0) is 20.1 Å². The molecule has 0 atom stereocenters. The summed E-state index contributed by atoms with van der Waals surface area (Å²) < 4.78 is 52.4. The Kier molecular flexibility index (Phi) is 6.72. The van der Waals surface area contributed by atoms with Gasteiger partial charge in [0.15, 0.2) is 0 Å². The zero-order chi connectivity index (χ0) is 14.4. The molecule has 0 unspecified atom stereocenters. The predicted molar refractivity (Wildman–Crippen MR) is 68.5 cm³/mol. The summed E-state index contributed by atoms with van der Waals surface area (Å²) in [6.45, 7) is 3.85. The molecule has 0 aromatic carbocycles. The van der Waals surface area contributed by atoms with Crippen molar-refractivity contribution in [2.45, 2.75) is 12.8 Å². The van der Waals surface area contributed by atoms with Gasteiger partial charge in [0.05, 0.1) is 49.6 Å². The predicted octanol–water partition coefficient (Wildman–Crippen LogP) is -1.06. The fraction of sp³-hybridized carbons (Fsp3) is 1.00. The highest BCUT2D eigenvalue weighted by atomic mass is 32.2. The van der Waals surface area contributed by atoms with Crippen LogP contribution in [-0.4, -0.2) is 71.6 Å². The van der Waals surface area contributed by atoms with E-state index in [9.17, 15) is 8.42 Å². The van der Waals surface area contributed by atoms with E-state index in [1.165, 1.54) is 32.2 Å². The second kappa shape index (κ2) is 6.80. The number of likely N-dealkylation sites (N-methyl/N-ethyl adjacent to an activating group) is 1. The van der Waals surface area contributed by atoms with Crippen LogP contribution in [0.3, 0.4) is 0 Å². The molecule has 1 fully saturated rings. The number of hydrogen-bond acceptors (Lipinski definition) is 5. The Hall–Kier alpha value is -0.220. The summed E-state index contributed by atoms with van der Waals surface area (Å²) in [6.07, 6.45) is 4.36. The van der Waals surface area contributed by atoms with E-state index < -0.39 is 20.1 Å². The van der Waals surface area contributed by atoms with Gasteiger partial charge >= 0.3 is 0 Å². The van der Waals surface area contributed by atoms with Crippen LogP contribution in [0.5, 0.6) is 0 Å². The van der Waals surface area contributed by atoms with E-state index >= 15 is 0 Å². The molecule has 1 aliphatic rings. The first-order valence-corrected chi connectivity index (χ1v) is 9.31. The molecule has 0 aromatic rings. The van der Waals surface area contributed by atoms with Crippen LogP contribution >= 0.6 is 0 Å². The second-order valence-electron chi connectivity index (χ2n) is 4.87. The third kappa shape index (κ3) is 12.2. The third-order valence-electron chi connectivity index (χ3n) is 2.66. The highest BCUT2D eigenvalue weighted by Gasteiger charge is 2.26. The summed E-state index contributed by atoms with van der Waals surface area (Å²) in [7, 11) is -4.73. The minimum atomic E-state index is -3.92. The zero-order valence-electron chi connectivity index (χ0n) is 11.0. The first kappa shape index (κ1) is 17.8. The molecule has 1 aliphatic heterocycles. The molecule has 1 rings (SSSR count). The SMILES string of the molecule is CS(=O)(=O)[O-].C[N+]1(CCNS(C)(=O)=O)CCCC1. The number of nitrogens with zero attached hydrogens (tertiary/aromatic N) is 1. The standard InChI is InChI=1S/C8H19N2O2S.CH4O3S/c1-10(6-3-4-7-10)8-5-9-13(2,11)12;1-5(2,3)4/h9H,3-8H2,1-2H3;1H3,(H,2,3,4)/q+1;/p-1. The lowest BCUT2D eigenvalue weighted by molar-refractivity contribution is -0.896. The number of likely N-dealkylation sites (tertiary alicyclic amines) is 1. The Bertz CT molecular complexity index is 430. The molecule has 0 radical (unpaired) electrons. The Morgan fingerprint density at radius 3 is 1.83 bits per heavy atom. The average Bonchev–Trinajstić information content (AvgIpc) is 2.46. The molecule has 0 aromatic heterocycles. The molecule has 1 N–H and O–H groups in total. The van der Waals surface area contributed by atoms with Crippen molar-refractivity contribution in [1.82, 2.24) is 4.72 Å². The topological polar surface area (TPSA) is 103 Å². The lowest BCUT2D eigenvalue weighted by atomic mass is 10.4. The second-order valence-corrected chi connectivity index (χ2v) is 8.11. The molecular weight excluding hydrogens is 280 g/mol.